The average molecular weight is 439 g/mol. The zero-order valence-electron chi connectivity index (χ0n) is 15.3. The predicted molar refractivity (Wildman–Crippen MR) is 105 cm³/mol. The summed E-state index contributed by atoms with van der Waals surface area (Å²) in [5, 5.41) is 11.4. The van der Waals surface area contributed by atoms with Crippen LogP contribution in [0.5, 0.6) is 17.2 Å². The number of hydrogen-bond acceptors (Lipinski definition) is 5. The molecule has 30 heavy (non-hydrogen) atoms. The Morgan fingerprint density at radius 1 is 1.03 bits per heavy atom. The molecule has 0 spiro atoms. The summed E-state index contributed by atoms with van der Waals surface area (Å²) in [4.78, 5) is 15.5. The van der Waals surface area contributed by atoms with Gasteiger partial charge in [0.2, 0.25) is 5.43 Å². The van der Waals surface area contributed by atoms with Gasteiger partial charge in [-0.15, -0.1) is 13.2 Å². The SMILES string of the molecule is Cc1[nH]c(C=NO)c(Cl)c(=O)c1-c1ccc(Oc2ccc(OC(F)(F)F)cc2)cc1. The van der Waals surface area contributed by atoms with Gasteiger partial charge in [-0.3, -0.25) is 4.79 Å². The number of ether oxygens (including phenoxy) is 2. The van der Waals surface area contributed by atoms with E-state index in [2.05, 4.69) is 14.9 Å². The molecule has 156 valence electrons. The summed E-state index contributed by atoms with van der Waals surface area (Å²) in [5.41, 5.74) is 1.19. The van der Waals surface area contributed by atoms with Gasteiger partial charge in [0.1, 0.15) is 22.3 Å². The summed E-state index contributed by atoms with van der Waals surface area (Å²) < 4.78 is 46.0. The lowest BCUT2D eigenvalue weighted by molar-refractivity contribution is -0.274. The lowest BCUT2D eigenvalue weighted by Gasteiger charge is -2.11. The van der Waals surface area contributed by atoms with Crippen molar-refractivity contribution in [1.29, 1.82) is 0 Å². The number of benzene rings is 2. The van der Waals surface area contributed by atoms with Gasteiger partial charge in [0, 0.05) is 11.3 Å². The molecule has 3 aromatic rings. The highest BCUT2D eigenvalue weighted by atomic mass is 35.5. The Kier molecular flexibility index (Phi) is 6.02. The molecule has 2 N–H and O–H groups in total. The van der Waals surface area contributed by atoms with Crippen LogP contribution in [0.3, 0.4) is 0 Å². The summed E-state index contributed by atoms with van der Waals surface area (Å²) in [6.07, 6.45) is -3.73. The van der Waals surface area contributed by atoms with Gasteiger partial charge in [0.25, 0.3) is 0 Å². The molecule has 2 aromatic carbocycles. The number of pyridine rings is 1. The molecule has 0 radical (unpaired) electrons. The Bertz CT molecular complexity index is 1130. The summed E-state index contributed by atoms with van der Waals surface area (Å²) in [6, 6.07) is 11.4. The van der Waals surface area contributed by atoms with Gasteiger partial charge in [-0.25, -0.2) is 0 Å². The molecule has 1 aromatic heterocycles. The van der Waals surface area contributed by atoms with E-state index < -0.39 is 11.8 Å². The molecule has 0 aliphatic rings. The van der Waals surface area contributed by atoms with E-state index in [0.717, 1.165) is 18.3 Å². The van der Waals surface area contributed by atoms with Crippen LogP contribution in [0.4, 0.5) is 13.2 Å². The molecule has 1 heterocycles. The number of aromatic amines is 1. The fraction of sp³-hybridized carbons (Fsp3) is 0.100. The Balaban J connectivity index is 1.81. The molecule has 0 bridgehead atoms. The molecular weight excluding hydrogens is 425 g/mol. The number of H-pyrrole nitrogens is 1. The molecule has 0 aliphatic carbocycles. The van der Waals surface area contributed by atoms with Crippen molar-refractivity contribution < 1.29 is 27.9 Å². The van der Waals surface area contributed by atoms with E-state index in [1.54, 1.807) is 31.2 Å². The number of halogens is 4. The first kappa shape index (κ1) is 21.3. The summed E-state index contributed by atoms with van der Waals surface area (Å²) in [7, 11) is 0. The lowest BCUT2D eigenvalue weighted by atomic mass is 10.0. The van der Waals surface area contributed by atoms with Crippen molar-refractivity contribution in [1.82, 2.24) is 4.98 Å². The van der Waals surface area contributed by atoms with E-state index in [0.29, 0.717) is 28.3 Å². The van der Waals surface area contributed by atoms with Crippen molar-refractivity contribution in [3.8, 4) is 28.4 Å². The van der Waals surface area contributed by atoms with E-state index in [4.69, 9.17) is 21.5 Å². The average Bonchev–Trinajstić information content (AvgIpc) is 2.68. The molecular formula is C20H14ClF3N2O4. The highest BCUT2D eigenvalue weighted by molar-refractivity contribution is 6.33. The van der Waals surface area contributed by atoms with Gasteiger partial charge in [-0.2, -0.15) is 0 Å². The molecule has 0 saturated heterocycles. The lowest BCUT2D eigenvalue weighted by Crippen LogP contribution is -2.16. The first-order valence-corrected chi connectivity index (χ1v) is 8.79. The highest BCUT2D eigenvalue weighted by Gasteiger charge is 2.31. The molecule has 0 unspecified atom stereocenters. The number of nitrogens with one attached hydrogen (secondary N) is 1. The third-order valence-corrected chi connectivity index (χ3v) is 4.36. The van der Waals surface area contributed by atoms with Crippen LogP contribution in [0, 0.1) is 6.92 Å². The minimum Gasteiger partial charge on any atom is -0.457 e. The van der Waals surface area contributed by atoms with Crippen molar-refractivity contribution in [2.75, 3.05) is 0 Å². The smallest absolute Gasteiger partial charge is 0.457 e. The van der Waals surface area contributed by atoms with Crippen LogP contribution in [0.1, 0.15) is 11.4 Å². The summed E-state index contributed by atoms with van der Waals surface area (Å²) in [5.74, 6) is 0.362. The maximum absolute atomic E-state index is 12.6. The number of alkyl halides is 3. The standard InChI is InChI=1S/C20H14ClF3N2O4/c1-11-17(19(27)18(21)16(26-11)10-25-28)12-2-4-13(5-3-12)29-14-6-8-15(9-7-14)30-20(22,23)24/h2-10,28H,1H3,(H,26,27). The molecule has 0 aliphatic heterocycles. The number of aromatic nitrogens is 1. The molecule has 0 atom stereocenters. The van der Waals surface area contributed by atoms with E-state index in [9.17, 15) is 18.0 Å². The number of oxime groups is 1. The van der Waals surface area contributed by atoms with E-state index in [1.165, 1.54) is 12.1 Å². The van der Waals surface area contributed by atoms with Crippen molar-refractivity contribution in [3.63, 3.8) is 0 Å². The van der Waals surface area contributed by atoms with Crippen molar-refractivity contribution >= 4 is 17.8 Å². The topological polar surface area (TPSA) is 83.9 Å². The minimum absolute atomic E-state index is 0.116. The van der Waals surface area contributed by atoms with Crippen molar-refractivity contribution in [2.45, 2.75) is 13.3 Å². The first-order valence-electron chi connectivity index (χ1n) is 8.42. The predicted octanol–water partition coefficient (Wildman–Crippen LogP) is 5.50. The van der Waals surface area contributed by atoms with Crippen LogP contribution in [-0.4, -0.2) is 22.8 Å². The monoisotopic (exact) mass is 438 g/mol. The Hall–Kier alpha value is -3.46. The normalized spacial score (nSPS) is 11.6. The van der Waals surface area contributed by atoms with Gasteiger partial charge in [-0.1, -0.05) is 28.9 Å². The summed E-state index contributed by atoms with van der Waals surface area (Å²) >= 11 is 6.04. The van der Waals surface area contributed by atoms with Gasteiger partial charge in [-0.05, 0) is 48.9 Å². The van der Waals surface area contributed by atoms with Crippen LogP contribution in [0.15, 0.2) is 58.5 Å². The zero-order valence-corrected chi connectivity index (χ0v) is 16.1. The van der Waals surface area contributed by atoms with Crippen molar-refractivity contribution in [2.24, 2.45) is 5.16 Å². The van der Waals surface area contributed by atoms with Gasteiger partial charge >= 0.3 is 6.36 Å². The van der Waals surface area contributed by atoms with E-state index >= 15 is 0 Å². The number of hydrogen-bond donors (Lipinski definition) is 2. The second-order valence-electron chi connectivity index (χ2n) is 6.07. The largest absolute Gasteiger partial charge is 0.573 e. The number of rotatable bonds is 5. The number of aryl methyl sites for hydroxylation is 1. The fourth-order valence-corrected chi connectivity index (χ4v) is 2.94. The minimum atomic E-state index is -4.76. The van der Waals surface area contributed by atoms with Crippen molar-refractivity contribution in [3.05, 3.63) is 75.2 Å². The quantitative estimate of drug-likeness (QED) is 0.313. The molecule has 10 heteroatoms. The maximum Gasteiger partial charge on any atom is 0.573 e. The van der Waals surface area contributed by atoms with Crippen LogP contribution in [0.2, 0.25) is 5.02 Å². The molecule has 3 rings (SSSR count). The van der Waals surface area contributed by atoms with Gasteiger partial charge in [0.15, 0.2) is 0 Å². The van der Waals surface area contributed by atoms with E-state index in [-0.39, 0.29) is 16.5 Å². The highest BCUT2D eigenvalue weighted by Crippen LogP contribution is 2.29. The summed E-state index contributed by atoms with van der Waals surface area (Å²) in [6.45, 7) is 1.68. The van der Waals surface area contributed by atoms with Crippen LogP contribution in [0.25, 0.3) is 11.1 Å². The Morgan fingerprint density at radius 2 is 1.57 bits per heavy atom. The van der Waals surface area contributed by atoms with Crippen LogP contribution in [-0.2, 0) is 0 Å². The second kappa shape index (κ2) is 8.50. The Labute approximate surface area is 173 Å². The molecule has 6 nitrogen and oxygen atoms in total. The molecule has 0 saturated carbocycles. The van der Waals surface area contributed by atoms with Crippen LogP contribution >= 0.6 is 11.6 Å². The van der Waals surface area contributed by atoms with E-state index in [1.807, 2.05) is 0 Å². The van der Waals surface area contributed by atoms with Gasteiger partial charge < -0.3 is 19.7 Å². The fourth-order valence-electron chi connectivity index (χ4n) is 2.75. The third kappa shape index (κ3) is 4.93. The van der Waals surface area contributed by atoms with Gasteiger partial charge in [0.05, 0.1) is 11.9 Å². The van der Waals surface area contributed by atoms with Crippen LogP contribution < -0.4 is 14.9 Å². The Morgan fingerprint density at radius 3 is 2.10 bits per heavy atom. The third-order valence-electron chi connectivity index (χ3n) is 3.98. The number of nitrogens with zero attached hydrogens (tertiary/aromatic N) is 1. The molecule has 0 fully saturated rings. The maximum atomic E-state index is 12.6. The molecule has 0 amide bonds. The first-order chi connectivity index (χ1) is 14.2. The zero-order chi connectivity index (χ0) is 21.9. The second-order valence-corrected chi connectivity index (χ2v) is 6.45.